The van der Waals surface area contributed by atoms with Crippen LogP contribution in [-0.2, 0) is 5.41 Å². The van der Waals surface area contributed by atoms with Crippen LogP contribution in [0.3, 0.4) is 0 Å². The summed E-state index contributed by atoms with van der Waals surface area (Å²) in [7, 11) is 0. The fraction of sp³-hybridized carbons (Fsp3) is 0.0222. The van der Waals surface area contributed by atoms with Gasteiger partial charge in [-0.1, -0.05) is 133 Å². The number of benzene rings is 7. The van der Waals surface area contributed by atoms with E-state index in [1.807, 2.05) is 12.1 Å². The van der Waals surface area contributed by atoms with Crippen molar-refractivity contribution in [3.63, 3.8) is 0 Å². The van der Waals surface area contributed by atoms with Crippen LogP contribution in [0.5, 0.6) is 11.5 Å². The van der Waals surface area contributed by atoms with Crippen LogP contribution in [0.4, 0.5) is 0 Å². The molecule has 0 saturated heterocycles. The molecule has 49 heavy (non-hydrogen) atoms. The van der Waals surface area contributed by atoms with Crippen molar-refractivity contribution in [3.05, 3.63) is 186 Å². The van der Waals surface area contributed by atoms with Gasteiger partial charge in [0.05, 0.1) is 27.7 Å². The zero-order chi connectivity index (χ0) is 32.1. The maximum Gasteiger partial charge on any atom is 0.235 e. The molecule has 7 aromatic carbocycles. The van der Waals surface area contributed by atoms with Crippen LogP contribution in [0.25, 0.3) is 61.0 Å². The van der Waals surface area contributed by atoms with Crippen molar-refractivity contribution in [1.82, 2.24) is 14.5 Å². The molecule has 0 saturated carbocycles. The van der Waals surface area contributed by atoms with Crippen molar-refractivity contribution in [2.24, 2.45) is 0 Å². The Bertz CT molecular complexity index is 2770. The average Bonchev–Trinajstić information content (AvgIpc) is 3.64. The molecule has 0 amide bonds. The first kappa shape index (κ1) is 26.5. The van der Waals surface area contributed by atoms with Gasteiger partial charge >= 0.3 is 0 Å². The van der Waals surface area contributed by atoms with Crippen LogP contribution in [0.1, 0.15) is 22.3 Å². The minimum Gasteiger partial charge on any atom is -0.457 e. The molecule has 11 rings (SSSR count). The zero-order valence-electron chi connectivity index (χ0n) is 26.3. The van der Waals surface area contributed by atoms with E-state index in [-0.39, 0.29) is 0 Å². The molecule has 0 atom stereocenters. The highest BCUT2D eigenvalue weighted by atomic mass is 16.5. The number of aromatic nitrogens is 3. The molecule has 4 heteroatoms. The number of hydrogen-bond acceptors (Lipinski definition) is 3. The van der Waals surface area contributed by atoms with Gasteiger partial charge in [-0.3, -0.25) is 4.57 Å². The van der Waals surface area contributed by atoms with Gasteiger partial charge in [0.25, 0.3) is 0 Å². The summed E-state index contributed by atoms with van der Waals surface area (Å²) in [6, 6.07) is 58.1. The highest BCUT2D eigenvalue weighted by Gasteiger charge is 2.51. The van der Waals surface area contributed by atoms with Crippen molar-refractivity contribution in [2.75, 3.05) is 0 Å². The Kier molecular flexibility index (Phi) is 5.28. The van der Waals surface area contributed by atoms with Crippen LogP contribution in [0.15, 0.2) is 164 Å². The number of fused-ring (bicyclic) bond motifs is 13. The molecule has 0 radical (unpaired) electrons. The third kappa shape index (κ3) is 3.47. The second kappa shape index (κ2) is 9.75. The molecule has 1 aliphatic heterocycles. The summed E-state index contributed by atoms with van der Waals surface area (Å²) >= 11 is 0. The van der Waals surface area contributed by atoms with Crippen molar-refractivity contribution in [1.29, 1.82) is 0 Å². The molecule has 1 aliphatic carbocycles. The van der Waals surface area contributed by atoms with Crippen LogP contribution in [-0.4, -0.2) is 14.5 Å². The fourth-order valence-electron chi connectivity index (χ4n) is 8.51. The number of ether oxygens (including phenoxy) is 1. The molecule has 4 nitrogen and oxygen atoms in total. The van der Waals surface area contributed by atoms with E-state index >= 15 is 0 Å². The lowest BCUT2D eigenvalue weighted by Gasteiger charge is -2.39. The van der Waals surface area contributed by atoms with Gasteiger partial charge in [0.15, 0.2) is 0 Å². The van der Waals surface area contributed by atoms with Crippen LogP contribution in [0.2, 0.25) is 0 Å². The normalized spacial score (nSPS) is 13.6. The van der Waals surface area contributed by atoms with E-state index in [0.29, 0.717) is 5.95 Å². The van der Waals surface area contributed by atoms with Gasteiger partial charge in [0.2, 0.25) is 5.95 Å². The molecule has 9 aromatic rings. The number of hydrogen-bond donors (Lipinski definition) is 0. The topological polar surface area (TPSA) is 39.9 Å². The standard InChI is InChI=1S/C45H27N3O/c1-2-14-28(15-3-1)43-32-19-6-11-23-38(32)46-44(47-43)48-39-24-12-7-18-31(39)33-26-37-42(27-40(33)48)49-41-25-13-10-22-36(41)45(37)34-20-8-4-16-29(34)30-17-5-9-21-35(30)45/h1-27H. The molecule has 228 valence electrons. The summed E-state index contributed by atoms with van der Waals surface area (Å²) in [5.41, 5.74) is 11.8. The zero-order valence-corrected chi connectivity index (χ0v) is 26.3. The summed E-state index contributed by atoms with van der Waals surface area (Å²) in [4.78, 5) is 10.5. The van der Waals surface area contributed by atoms with Gasteiger partial charge in [-0.25, -0.2) is 9.97 Å². The van der Waals surface area contributed by atoms with E-state index in [1.54, 1.807) is 0 Å². The van der Waals surface area contributed by atoms with E-state index in [1.165, 1.54) is 22.3 Å². The highest BCUT2D eigenvalue weighted by molar-refractivity contribution is 6.10. The molecule has 2 aliphatic rings. The Hall–Kier alpha value is -6.52. The van der Waals surface area contributed by atoms with Crippen LogP contribution >= 0.6 is 0 Å². The minimum absolute atomic E-state index is 0.533. The van der Waals surface area contributed by atoms with Gasteiger partial charge in [0, 0.05) is 38.9 Å². The molecule has 0 unspecified atom stereocenters. The lowest BCUT2D eigenvalue weighted by molar-refractivity contribution is 0.437. The summed E-state index contributed by atoms with van der Waals surface area (Å²) in [5, 5.41) is 3.31. The molecule has 0 bridgehead atoms. The van der Waals surface area contributed by atoms with Crippen molar-refractivity contribution in [3.8, 4) is 39.8 Å². The third-order valence-corrected chi connectivity index (χ3v) is 10.5. The number of para-hydroxylation sites is 3. The Morgan fingerprint density at radius 2 is 1.08 bits per heavy atom. The van der Waals surface area contributed by atoms with E-state index in [2.05, 4.69) is 156 Å². The lowest BCUT2D eigenvalue weighted by Crippen LogP contribution is -2.32. The summed E-state index contributed by atoms with van der Waals surface area (Å²) in [6.07, 6.45) is 0. The quantitative estimate of drug-likeness (QED) is 0.192. The monoisotopic (exact) mass is 625 g/mol. The predicted molar refractivity (Wildman–Crippen MR) is 197 cm³/mol. The average molecular weight is 626 g/mol. The number of nitrogens with zero attached hydrogens (tertiary/aromatic N) is 3. The summed E-state index contributed by atoms with van der Waals surface area (Å²) < 4.78 is 9.10. The Morgan fingerprint density at radius 3 is 1.88 bits per heavy atom. The van der Waals surface area contributed by atoms with Crippen LogP contribution in [0, 0.1) is 0 Å². The molecule has 0 N–H and O–H groups in total. The lowest BCUT2D eigenvalue weighted by atomic mass is 9.66. The van der Waals surface area contributed by atoms with Crippen LogP contribution < -0.4 is 4.74 Å². The SMILES string of the molecule is c1ccc(-c2nc(-n3c4ccccc4c4cc5c(cc43)Oc3ccccc3C53c4ccccc4-c4ccccc43)nc3ccccc23)cc1. The first-order chi connectivity index (χ1) is 24.3. The van der Waals surface area contributed by atoms with Gasteiger partial charge < -0.3 is 4.74 Å². The Morgan fingerprint density at radius 1 is 0.449 bits per heavy atom. The second-order valence-corrected chi connectivity index (χ2v) is 12.9. The Labute approximate surface area is 282 Å². The summed E-state index contributed by atoms with van der Waals surface area (Å²) in [5.74, 6) is 2.34. The van der Waals surface area contributed by atoms with Gasteiger partial charge in [-0.05, 0) is 46.5 Å². The van der Waals surface area contributed by atoms with E-state index in [9.17, 15) is 0 Å². The predicted octanol–water partition coefficient (Wildman–Crippen LogP) is 10.9. The van der Waals surface area contributed by atoms with E-state index < -0.39 is 5.41 Å². The van der Waals surface area contributed by atoms with Gasteiger partial charge in [0.1, 0.15) is 11.5 Å². The third-order valence-electron chi connectivity index (χ3n) is 10.5. The molecule has 1 spiro atoms. The van der Waals surface area contributed by atoms with E-state index in [0.717, 1.165) is 66.6 Å². The smallest absolute Gasteiger partial charge is 0.235 e. The Balaban J connectivity index is 1.26. The van der Waals surface area contributed by atoms with Crippen molar-refractivity contribution >= 4 is 32.7 Å². The fourth-order valence-corrected chi connectivity index (χ4v) is 8.51. The van der Waals surface area contributed by atoms with E-state index in [4.69, 9.17) is 14.7 Å². The maximum atomic E-state index is 6.90. The first-order valence-corrected chi connectivity index (χ1v) is 16.7. The first-order valence-electron chi connectivity index (χ1n) is 16.7. The largest absolute Gasteiger partial charge is 0.457 e. The molecule has 0 fully saturated rings. The number of rotatable bonds is 2. The highest BCUT2D eigenvalue weighted by Crippen LogP contribution is 2.62. The molecular formula is C45H27N3O. The summed E-state index contributed by atoms with van der Waals surface area (Å²) in [6.45, 7) is 0. The van der Waals surface area contributed by atoms with Crippen molar-refractivity contribution < 1.29 is 4.74 Å². The van der Waals surface area contributed by atoms with Gasteiger partial charge in [-0.15, -0.1) is 0 Å². The second-order valence-electron chi connectivity index (χ2n) is 12.9. The minimum atomic E-state index is -0.533. The van der Waals surface area contributed by atoms with Gasteiger partial charge in [-0.2, -0.15) is 0 Å². The molecule has 2 aromatic heterocycles. The molecule has 3 heterocycles. The maximum absolute atomic E-state index is 6.90. The van der Waals surface area contributed by atoms with Crippen molar-refractivity contribution in [2.45, 2.75) is 5.41 Å². The molecular weight excluding hydrogens is 599 g/mol.